The minimum Gasteiger partial charge on any atom is -0.396 e. The number of hydrogen-bond donors (Lipinski definition) is 1. The Labute approximate surface area is 122 Å². The number of aliphatic hydroxyl groups excluding tert-OH is 1. The molecule has 0 fully saturated rings. The number of halogens is 1. The first kappa shape index (κ1) is 14.3. The van der Waals surface area contributed by atoms with Crippen LogP contribution in [0.4, 0.5) is 0 Å². The van der Waals surface area contributed by atoms with Crippen LogP contribution in [0.5, 0.6) is 0 Å². The van der Waals surface area contributed by atoms with Crippen molar-refractivity contribution in [3.05, 3.63) is 52.3 Å². The maximum Gasteiger partial charge on any atom is 0.0521 e. The fourth-order valence-corrected chi connectivity index (χ4v) is 2.44. The van der Waals surface area contributed by atoms with Crippen LogP contribution in [0, 0.1) is 5.92 Å². The number of hydrogen-bond acceptors (Lipinski definition) is 2. The van der Waals surface area contributed by atoms with E-state index in [1.54, 1.807) is 0 Å². The third-order valence-electron chi connectivity index (χ3n) is 3.23. The van der Waals surface area contributed by atoms with Crippen LogP contribution >= 0.6 is 15.9 Å². The van der Waals surface area contributed by atoms with Crippen molar-refractivity contribution in [2.24, 2.45) is 5.92 Å². The molecule has 102 valence electrons. The first-order chi connectivity index (χ1) is 9.21. The van der Waals surface area contributed by atoms with Crippen LogP contribution in [0.1, 0.15) is 18.1 Å². The fraction of sp³-hybridized carbons (Fsp3) is 0.400. The van der Waals surface area contributed by atoms with Gasteiger partial charge in [0.05, 0.1) is 6.20 Å². The minimum absolute atomic E-state index is 0.202. The lowest BCUT2D eigenvalue weighted by Gasteiger charge is -2.13. The standard InChI is InChI=1S/C15H19BrN2O/c1-2-18-10-14(9-17-18)8-13(11-19)7-12-3-5-15(16)6-4-12/h3-6,9-10,13,19H,2,7-8,11H2,1H3. The van der Waals surface area contributed by atoms with Gasteiger partial charge in [0.2, 0.25) is 0 Å². The van der Waals surface area contributed by atoms with Gasteiger partial charge in [-0.3, -0.25) is 4.68 Å². The van der Waals surface area contributed by atoms with E-state index in [4.69, 9.17) is 0 Å². The van der Waals surface area contributed by atoms with Gasteiger partial charge in [0.25, 0.3) is 0 Å². The van der Waals surface area contributed by atoms with Gasteiger partial charge in [-0.05, 0) is 48.9 Å². The second-order valence-electron chi connectivity index (χ2n) is 4.79. The van der Waals surface area contributed by atoms with E-state index < -0.39 is 0 Å². The van der Waals surface area contributed by atoms with Gasteiger partial charge < -0.3 is 5.11 Å². The van der Waals surface area contributed by atoms with Gasteiger partial charge in [0.15, 0.2) is 0 Å². The summed E-state index contributed by atoms with van der Waals surface area (Å²) in [6, 6.07) is 8.28. The molecule has 1 heterocycles. The predicted octanol–water partition coefficient (Wildman–Crippen LogP) is 3.06. The summed E-state index contributed by atoms with van der Waals surface area (Å²) < 4.78 is 3.00. The van der Waals surface area contributed by atoms with E-state index in [0.29, 0.717) is 0 Å². The number of rotatable bonds is 6. The molecule has 0 aliphatic carbocycles. The summed E-state index contributed by atoms with van der Waals surface area (Å²) in [7, 11) is 0. The van der Waals surface area contributed by atoms with E-state index in [9.17, 15) is 5.11 Å². The third kappa shape index (κ3) is 4.18. The van der Waals surface area contributed by atoms with Gasteiger partial charge in [-0.15, -0.1) is 0 Å². The average Bonchev–Trinajstić information content (AvgIpc) is 2.88. The summed E-state index contributed by atoms with van der Waals surface area (Å²) in [4.78, 5) is 0. The molecule has 0 saturated heterocycles. The summed E-state index contributed by atoms with van der Waals surface area (Å²) in [6.45, 7) is 3.16. The zero-order valence-corrected chi connectivity index (χ0v) is 12.7. The van der Waals surface area contributed by atoms with Gasteiger partial charge >= 0.3 is 0 Å². The van der Waals surface area contributed by atoms with Crippen molar-refractivity contribution in [1.29, 1.82) is 0 Å². The SMILES string of the molecule is CCn1cc(CC(CO)Cc2ccc(Br)cc2)cn1. The summed E-state index contributed by atoms with van der Waals surface area (Å²) in [6.07, 6.45) is 5.71. The third-order valence-corrected chi connectivity index (χ3v) is 3.76. The van der Waals surface area contributed by atoms with Crippen LogP contribution in [0.25, 0.3) is 0 Å². The van der Waals surface area contributed by atoms with Gasteiger partial charge in [-0.1, -0.05) is 28.1 Å². The molecule has 1 unspecified atom stereocenters. The fourth-order valence-electron chi connectivity index (χ4n) is 2.17. The van der Waals surface area contributed by atoms with Crippen LogP contribution < -0.4 is 0 Å². The van der Waals surface area contributed by atoms with E-state index in [2.05, 4.69) is 46.3 Å². The van der Waals surface area contributed by atoms with E-state index in [1.165, 1.54) is 11.1 Å². The number of nitrogens with zero attached hydrogens (tertiary/aromatic N) is 2. The van der Waals surface area contributed by atoms with Crippen LogP contribution in [-0.2, 0) is 19.4 Å². The highest BCUT2D eigenvalue weighted by atomic mass is 79.9. The predicted molar refractivity (Wildman–Crippen MR) is 80.0 cm³/mol. The maximum absolute atomic E-state index is 9.53. The largest absolute Gasteiger partial charge is 0.396 e. The lowest BCUT2D eigenvalue weighted by atomic mass is 9.94. The molecule has 1 aromatic heterocycles. The Morgan fingerprint density at radius 2 is 1.89 bits per heavy atom. The van der Waals surface area contributed by atoms with E-state index in [-0.39, 0.29) is 12.5 Å². The first-order valence-corrected chi connectivity index (χ1v) is 7.37. The number of aliphatic hydroxyl groups is 1. The maximum atomic E-state index is 9.53. The van der Waals surface area contributed by atoms with Crippen molar-refractivity contribution >= 4 is 15.9 Å². The summed E-state index contributed by atoms with van der Waals surface area (Å²) >= 11 is 3.43. The summed E-state index contributed by atoms with van der Waals surface area (Å²) in [5.41, 5.74) is 2.45. The highest BCUT2D eigenvalue weighted by Gasteiger charge is 2.11. The topological polar surface area (TPSA) is 38.0 Å². The smallest absolute Gasteiger partial charge is 0.0521 e. The molecular formula is C15H19BrN2O. The zero-order chi connectivity index (χ0) is 13.7. The summed E-state index contributed by atoms with van der Waals surface area (Å²) in [5.74, 6) is 0.246. The average molecular weight is 323 g/mol. The monoisotopic (exact) mass is 322 g/mol. The molecule has 0 bridgehead atoms. The first-order valence-electron chi connectivity index (χ1n) is 6.58. The highest BCUT2D eigenvalue weighted by Crippen LogP contribution is 2.17. The van der Waals surface area contributed by atoms with Gasteiger partial charge in [0, 0.05) is 23.8 Å². The van der Waals surface area contributed by atoms with Crippen LogP contribution in [0.2, 0.25) is 0 Å². The molecule has 19 heavy (non-hydrogen) atoms. The molecular weight excluding hydrogens is 304 g/mol. The molecule has 0 saturated carbocycles. The van der Waals surface area contributed by atoms with Crippen LogP contribution in [0.15, 0.2) is 41.1 Å². The summed E-state index contributed by atoms with van der Waals surface area (Å²) in [5, 5.41) is 13.8. The molecule has 0 aliphatic rings. The molecule has 3 nitrogen and oxygen atoms in total. The van der Waals surface area contributed by atoms with Crippen molar-refractivity contribution in [3.63, 3.8) is 0 Å². The Morgan fingerprint density at radius 1 is 1.21 bits per heavy atom. The van der Waals surface area contributed by atoms with E-state index in [0.717, 1.165) is 23.9 Å². The molecule has 2 aromatic rings. The molecule has 0 aliphatic heterocycles. The molecule has 1 atom stereocenters. The second kappa shape index (κ2) is 6.87. The lowest BCUT2D eigenvalue weighted by molar-refractivity contribution is 0.225. The van der Waals surface area contributed by atoms with Crippen molar-refractivity contribution < 1.29 is 5.11 Å². The molecule has 0 spiro atoms. The molecule has 0 amide bonds. The number of aryl methyl sites for hydroxylation is 1. The molecule has 2 rings (SSSR count). The molecule has 0 radical (unpaired) electrons. The Balaban J connectivity index is 1.98. The quantitative estimate of drug-likeness (QED) is 0.887. The van der Waals surface area contributed by atoms with E-state index >= 15 is 0 Å². The van der Waals surface area contributed by atoms with Crippen LogP contribution in [0.3, 0.4) is 0 Å². The van der Waals surface area contributed by atoms with Crippen molar-refractivity contribution in [2.75, 3.05) is 6.61 Å². The second-order valence-corrected chi connectivity index (χ2v) is 5.70. The number of benzene rings is 1. The molecule has 1 N–H and O–H groups in total. The Morgan fingerprint density at radius 3 is 2.47 bits per heavy atom. The normalized spacial score (nSPS) is 12.6. The van der Waals surface area contributed by atoms with Crippen molar-refractivity contribution in [1.82, 2.24) is 9.78 Å². The molecule has 4 heteroatoms. The van der Waals surface area contributed by atoms with Gasteiger partial charge in [-0.25, -0.2) is 0 Å². The van der Waals surface area contributed by atoms with Gasteiger partial charge in [-0.2, -0.15) is 5.10 Å². The van der Waals surface area contributed by atoms with E-state index in [1.807, 2.05) is 23.0 Å². The van der Waals surface area contributed by atoms with Crippen molar-refractivity contribution in [3.8, 4) is 0 Å². The highest BCUT2D eigenvalue weighted by molar-refractivity contribution is 9.10. The van der Waals surface area contributed by atoms with Crippen molar-refractivity contribution in [2.45, 2.75) is 26.3 Å². The Bertz CT molecular complexity index is 507. The Kier molecular flexibility index (Phi) is 5.16. The van der Waals surface area contributed by atoms with Gasteiger partial charge in [0.1, 0.15) is 0 Å². The lowest BCUT2D eigenvalue weighted by Crippen LogP contribution is -2.12. The Hall–Kier alpha value is -1.13. The zero-order valence-electron chi connectivity index (χ0n) is 11.1. The minimum atomic E-state index is 0.202. The molecule has 1 aromatic carbocycles. The number of aromatic nitrogens is 2. The van der Waals surface area contributed by atoms with Crippen LogP contribution in [-0.4, -0.2) is 21.5 Å².